The van der Waals surface area contributed by atoms with E-state index in [1.807, 2.05) is 19.1 Å². The average molecular weight is 417 g/mol. The van der Waals surface area contributed by atoms with E-state index in [0.717, 1.165) is 0 Å². The Hall–Kier alpha value is -4.00. The maximum atomic E-state index is 13.4. The highest BCUT2D eigenvalue weighted by atomic mass is 16.5. The van der Waals surface area contributed by atoms with E-state index in [-0.39, 0.29) is 17.4 Å². The molecule has 1 heterocycles. The molecule has 0 saturated heterocycles. The number of carbonyl (C=O) groups is 1. The molecule has 0 spiro atoms. The van der Waals surface area contributed by atoms with E-state index >= 15 is 0 Å². The Kier molecular flexibility index (Phi) is 5.49. The van der Waals surface area contributed by atoms with Gasteiger partial charge in [0.15, 0.2) is 17.7 Å². The molecule has 31 heavy (non-hydrogen) atoms. The molecule has 0 saturated carbocycles. The maximum Gasteiger partial charge on any atom is 0.278 e. The van der Waals surface area contributed by atoms with Crippen molar-refractivity contribution >= 4 is 17.3 Å². The van der Waals surface area contributed by atoms with Gasteiger partial charge in [0.2, 0.25) is 0 Å². The van der Waals surface area contributed by atoms with Crippen LogP contribution in [0.15, 0.2) is 71.8 Å². The number of carbonyl (C=O) groups excluding carboxylic acids is 1. The molecule has 3 aromatic rings. The zero-order valence-corrected chi connectivity index (χ0v) is 17.2. The van der Waals surface area contributed by atoms with Gasteiger partial charge in [-0.05, 0) is 50.2 Å². The van der Waals surface area contributed by atoms with Gasteiger partial charge in [0, 0.05) is 16.8 Å². The Balaban J connectivity index is 1.82. The molecule has 3 aromatic carbocycles. The lowest BCUT2D eigenvalue weighted by atomic mass is 10.0. The summed E-state index contributed by atoms with van der Waals surface area (Å²) in [6, 6.07) is 19.0. The predicted molar refractivity (Wildman–Crippen MR) is 119 cm³/mol. The number of nitrogens with zero attached hydrogens (tertiary/aromatic N) is 2. The second-order valence-electron chi connectivity index (χ2n) is 7.10. The molecule has 1 amide bonds. The van der Waals surface area contributed by atoms with Crippen molar-refractivity contribution in [1.82, 2.24) is 5.01 Å². The number of phenols is 2. The van der Waals surface area contributed by atoms with E-state index in [4.69, 9.17) is 4.74 Å². The number of hydrogen-bond acceptors (Lipinski definition) is 6. The lowest BCUT2D eigenvalue weighted by Crippen LogP contribution is -2.40. The van der Waals surface area contributed by atoms with Crippen LogP contribution < -0.4 is 10.1 Å². The summed E-state index contributed by atoms with van der Waals surface area (Å²) in [6.45, 7) is 3.96. The van der Waals surface area contributed by atoms with Gasteiger partial charge in [0.25, 0.3) is 5.91 Å². The molecule has 0 radical (unpaired) electrons. The van der Waals surface area contributed by atoms with E-state index in [9.17, 15) is 15.0 Å². The number of anilines is 1. The van der Waals surface area contributed by atoms with Gasteiger partial charge in [-0.1, -0.05) is 30.3 Å². The largest absolute Gasteiger partial charge is 0.507 e. The Morgan fingerprint density at radius 2 is 1.81 bits per heavy atom. The number of amides is 1. The van der Waals surface area contributed by atoms with Crippen LogP contribution in [-0.2, 0) is 0 Å². The lowest BCUT2D eigenvalue weighted by Gasteiger charge is -2.35. The molecule has 0 fully saturated rings. The molecule has 158 valence electrons. The van der Waals surface area contributed by atoms with Crippen LogP contribution in [0.2, 0.25) is 0 Å². The number of hydrogen-bond donors (Lipinski definition) is 3. The summed E-state index contributed by atoms with van der Waals surface area (Å²) in [5.41, 5.74) is 2.90. The normalized spacial score (nSPS) is 15.9. The van der Waals surface area contributed by atoms with Crippen LogP contribution in [0.4, 0.5) is 5.69 Å². The van der Waals surface area contributed by atoms with Crippen molar-refractivity contribution in [2.45, 2.75) is 20.0 Å². The zero-order chi connectivity index (χ0) is 22.0. The second kappa shape index (κ2) is 8.39. The van der Waals surface area contributed by atoms with Crippen LogP contribution in [0.25, 0.3) is 0 Å². The van der Waals surface area contributed by atoms with Crippen molar-refractivity contribution in [3.63, 3.8) is 0 Å². The molecule has 1 atom stereocenters. The van der Waals surface area contributed by atoms with Crippen LogP contribution in [-0.4, -0.2) is 33.4 Å². The van der Waals surface area contributed by atoms with Crippen molar-refractivity contribution < 1.29 is 19.7 Å². The Labute approximate surface area is 180 Å². The van der Waals surface area contributed by atoms with Gasteiger partial charge < -0.3 is 20.3 Å². The summed E-state index contributed by atoms with van der Waals surface area (Å²) >= 11 is 0. The fourth-order valence-corrected chi connectivity index (χ4v) is 3.54. The summed E-state index contributed by atoms with van der Waals surface area (Å²) in [4.78, 5) is 13.4. The highest BCUT2D eigenvalue weighted by molar-refractivity contribution is 6.05. The molecule has 0 aliphatic carbocycles. The lowest BCUT2D eigenvalue weighted by molar-refractivity contribution is 0.0689. The number of phenolic OH excluding ortho intramolecular Hbond substituents is 2. The summed E-state index contributed by atoms with van der Waals surface area (Å²) < 4.78 is 5.52. The summed E-state index contributed by atoms with van der Waals surface area (Å²) in [5, 5.41) is 29.6. The monoisotopic (exact) mass is 417 g/mol. The summed E-state index contributed by atoms with van der Waals surface area (Å²) in [6.07, 6.45) is -0.636. The number of nitrogens with one attached hydrogen (secondary N) is 1. The minimum absolute atomic E-state index is 0.0218. The summed E-state index contributed by atoms with van der Waals surface area (Å²) in [7, 11) is 0. The van der Waals surface area contributed by atoms with Gasteiger partial charge in [-0.2, -0.15) is 5.10 Å². The second-order valence-corrected chi connectivity index (χ2v) is 7.10. The van der Waals surface area contributed by atoms with E-state index < -0.39 is 6.17 Å². The van der Waals surface area contributed by atoms with Crippen LogP contribution >= 0.6 is 0 Å². The molecule has 0 aromatic heterocycles. The first-order chi connectivity index (χ1) is 15.0. The molecule has 1 aliphatic heterocycles. The molecule has 0 bridgehead atoms. The van der Waals surface area contributed by atoms with Gasteiger partial charge in [0.05, 0.1) is 17.9 Å². The number of fused-ring (bicyclic) bond motifs is 1. The van der Waals surface area contributed by atoms with Crippen LogP contribution in [0.5, 0.6) is 17.2 Å². The van der Waals surface area contributed by atoms with E-state index in [1.165, 1.54) is 11.1 Å². The van der Waals surface area contributed by atoms with E-state index in [2.05, 4.69) is 10.4 Å². The van der Waals surface area contributed by atoms with Gasteiger partial charge in [-0.3, -0.25) is 4.79 Å². The first-order valence-corrected chi connectivity index (χ1v) is 9.98. The van der Waals surface area contributed by atoms with Crippen LogP contribution in [0.3, 0.4) is 0 Å². The molecule has 0 unspecified atom stereocenters. The first kappa shape index (κ1) is 20.3. The number of benzene rings is 3. The zero-order valence-electron chi connectivity index (χ0n) is 17.2. The minimum Gasteiger partial charge on any atom is -0.507 e. The smallest absolute Gasteiger partial charge is 0.278 e. The third kappa shape index (κ3) is 3.90. The van der Waals surface area contributed by atoms with Crippen LogP contribution in [0, 0.1) is 0 Å². The molecular weight excluding hydrogens is 394 g/mol. The standard InChI is InChI=1S/C24H23N3O4/c1-3-31-22-14-16(12-13-21(22)29)23-25-19-10-6-4-9-18(19)24(30)27(23)26-15(2)17-8-5-7-11-20(17)28/h4-14,23,25,28-29H,3H2,1-2H3/b26-15-/t23-/m0/s1. The SMILES string of the molecule is CCOc1cc([C@H]2Nc3ccccc3C(=O)N2/N=C(/C)c2ccccc2O)ccc1O. The minimum atomic E-state index is -0.636. The molecule has 7 heteroatoms. The van der Waals surface area contributed by atoms with Crippen molar-refractivity contribution in [3.8, 4) is 17.2 Å². The maximum absolute atomic E-state index is 13.4. The molecule has 1 aliphatic rings. The third-order valence-corrected chi connectivity index (χ3v) is 5.05. The fourth-order valence-electron chi connectivity index (χ4n) is 3.54. The van der Waals surface area contributed by atoms with Crippen molar-refractivity contribution in [2.75, 3.05) is 11.9 Å². The molecule has 7 nitrogen and oxygen atoms in total. The molecule has 3 N–H and O–H groups in total. The predicted octanol–water partition coefficient (Wildman–Crippen LogP) is 4.49. The van der Waals surface area contributed by atoms with E-state index in [1.54, 1.807) is 55.5 Å². The summed E-state index contributed by atoms with van der Waals surface area (Å²) in [5.74, 6) is 0.157. The van der Waals surface area contributed by atoms with Crippen LogP contribution in [0.1, 0.15) is 41.5 Å². The highest BCUT2D eigenvalue weighted by Gasteiger charge is 2.34. The Bertz CT molecular complexity index is 1160. The number of aromatic hydroxyl groups is 2. The van der Waals surface area contributed by atoms with Gasteiger partial charge in [-0.25, -0.2) is 5.01 Å². The Morgan fingerprint density at radius 1 is 1.06 bits per heavy atom. The van der Waals surface area contributed by atoms with Crippen molar-refractivity contribution in [1.29, 1.82) is 0 Å². The number of rotatable bonds is 5. The molecular formula is C24H23N3O4. The number of para-hydroxylation sites is 2. The van der Waals surface area contributed by atoms with Gasteiger partial charge in [0.1, 0.15) is 5.75 Å². The first-order valence-electron chi connectivity index (χ1n) is 9.98. The Morgan fingerprint density at radius 3 is 2.58 bits per heavy atom. The molecule has 4 rings (SSSR count). The van der Waals surface area contributed by atoms with Crippen molar-refractivity contribution in [3.05, 3.63) is 83.4 Å². The van der Waals surface area contributed by atoms with Gasteiger partial charge in [-0.15, -0.1) is 0 Å². The topological polar surface area (TPSA) is 94.4 Å². The van der Waals surface area contributed by atoms with E-state index in [0.29, 0.717) is 40.4 Å². The average Bonchev–Trinajstić information content (AvgIpc) is 2.77. The quantitative estimate of drug-likeness (QED) is 0.532. The van der Waals surface area contributed by atoms with Gasteiger partial charge >= 0.3 is 0 Å². The fraction of sp³-hybridized carbons (Fsp3) is 0.167. The van der Waals surface area contributed by atoms with Crippen molar-refractivity contribution in [2.24, 2.45) is 5.10 Å². The highest BCUT2D eigenvalue weighted by Crippen LogP contribution is 2.37. The third-order valence-electron chi connectivity index (χ3n) is 5.05. The number of ether oxygens (including phenoxy) is 1. The number of hydrazone groups is 1.